The van der Waals surface area contributed by atoms with Gasteiger partial charge in [0.2, 0.25) is 0 Å². The Kier molecular flexibility index (Phi) is 3.00. The van der Waals surface area contributed by atoms with Gasteiger partial charge in [-0.3, -0.25) is 0 Å². The van der Waals surface area contributed by atoms with Crippen LogP contribution >= 0.6 is 15.9 Å². The molecular formula is C12H13BrN2. The molecule has 0 bridgehead atoms. The molecule has 1 aromatic heterocycles. The van der Waals surface area contributed by atoms with Gasteiger partial charge in [0.05, 0.1) is 5.52 Å². The Morgan fingerprint density at radius 1 is 1.27 bits per heavy atom. The summed E-state index contributed by atoms with van der Waals surface area (Å²) in [6.07, 6.45) is 2.01. The highest BCUT2D eigenvalue weighted by atomic mass is 79.9. The van der Waals surface area contributed by atoms with Crippen LogP contribution in [0.2, 0.25) is 0 Å². The summed E-state index contributed by atoms with van der Waals surface area (Å²) in [5.74, 6) is 0.919. The lowest BCUT2D eigenvalue weighted by Crippen LogP contribution is -1.97. The van der Waals surface area contributed by atoms with Crippen LogP contribution in [0.5, 0.6) is 0 Å². The fourth-order valence-corrected chi connectivity index (χ4v) is 2.40. The standard InChI is InChI=1S/C12H13BrN2/c1-3-5-10-14-9-7-4-6-8(2)11(9)12(13)15-10/h4,6-7H,3,5H2,1-2H3. The molecule has 0 radical (unpaired) electrons. The van der Waals surface area contributed by atoms with Crippen molar-refractivity contribution in [3.63, 3.8) is 0 Å². The lowest BCUT2D eigenvalue weighted by atomic mass is 10.1. The maximum absolute atomic E-state index is 4.55. The Hall–Kier alpha value is -0.960. The van der Waals surface area contributed by atoms with Gasteiger partial charge in [-0.05, 0) is 40.9 Å². The van der Waals surface area contributed by atoms with Crippen LogP contribution in [-0.2, 0) is 6.42 Å². The van der Waals surface area contributed by atoms with Gasteiger partial charge in [0.25, 0.3) is 0 Å². The molecule has 2 nitrogen and oxygen atoms in total. The molecule has 0 saturated carbocycles. The van der Waals surface area contributed by atoms with Gasteiger partial charge in [0, 0.05) is 11.8 Å². The van der Waals surface area contributed by atoms with Gasteiger partial charge in [0.15, 0.2) is 0 Å². The molecular weight excluding hydrogens is 252 g/mol. The second kappa shape index (κ2) is 4.27. The van der Waals surface area contributed by atoms with E-state index in [2.05, 4.69) is 45.8 Å². The number of benzene rings is 1. The van der Waals surface area contributed by atoms with Crippen LogP contribution in [-0.4, -0.2) is 9.97 Å². The van der Waals surface area contributed by atoms with E-state index >= 15 is 0 Å². The minimum absolute atomic E-state index is 0.911. The first-order chi connectivity index (χ1) is 7.22. The highest BCUT2D eigenvalue weighted by Gasteiger charge is 2.06. The van der Waals surface area contributed by atoms with Crippen LogP contribution < -0.4 is 0 Å². The smallest absolute Gasteiger partial charge is 0.130 e. The van der Waals surface area contributed by atoms with Gasteiger partial charge in [0.1, 0.15) is 10.4 Å². The predicted octanol–water partition coefficient (Wildman–Crippen LogP) is 3.65. The topological polar surface area (TPSA) is 25.8 Å². The minimum Gasteiger partial charge on any atom is -0.233 e. The third kappa shape index (κ3) is 2.02. The van der Waals surface area contributed by atoms with Crippen LogP contribution in [0.3, 0.4) is 0 Å². The second-order valence-corrected chi connectivity index (χ2v) is 4.40. The molecule has 0 atom stereocenters. The fraction of sp³-hybridized carbons (Fsp3) is 0.333. The van der Waals surface area contributed by atoms with Crippen molar-refractivity contribution in [2.45, 2.75) is 26.7 Å². The van der Waals surface area contributed by atoms with Crippen LogP contribution in [0, 0.1) is 6.92 Å². The summed E-state index contributed by atoms with van der Waals surface area (Å²) in [7, 11) is 0. The second-order valence-electron chi connectivity index (χ2n) is 3.65. The van der Waals surface area contributed by atoms with E-state index in [4.69, 9.17) is 0 Å². The lowest BCUT2D eigenvalue weighted by molar-refractivity contribution is 0.839. The number of aryl methyl sites for hydroxylation is 2. The average molecular weight is 265 g/mol. The van der Waals surface area contributed by atoms with Crippen molar-refractivity contribution >= 4 is 26.8 Å². The van der Waals surface area contributed by atoms with Gasteiger partial charge in [-0.2, -0.15) is 0 Å². The first-order valence-electron chi connectivity index (χ1n) is 5.14. The van der Waals surface area contributed by atoms with Gasteiger partial charge < -0.3 is 0 Å². The molecule has 78 valence electrons. The van der Waals surface area contributed by atoms with Gasteiger partial charge >= 0.3 is 0 Å². The normalized spacial score (nSPS) is 10.9. The largest absolute Gasteiger partial charge is 0.233 e. The highest BCUT2D eigenvalue weighted by Crippen LogP contribution is 2.24. The average Bonchev–Trinajstić information content (AvgIpc) is 2.17. The van der Waals surface area contributed by atoms with Crippen molar-refractivity contribution in [3.05, 3.63) is 34.2 Å². The zero-order valence-corrected chi connectivity index (χ0v) is 10.5. The molecule has 0 spiro atoms. The van der Waals surface area contributed by atoms with Crippen molar-refractivity contribution in [3.8, 4) is 0 Å². The summed E-state index contributed by atoms with van der Waals surface area (Å²) in [5.41, 5.74) is 2.24. The first kappa shape index (κ1) is 10.6. The lowest BCUT2D eigenvalue weighted by Gasteiger charge is -2.05. The molecule has 0 unspecified atom stereocenters. The number of hydrogen-bond donors (Lipinski definition) is 0. The molecule has 0 fully saturated rings. The molecule has 1 heterocycles. The van der Waals surface area contributed by atoms with Crippen molar-refractivity contribution in [2.24, 2.45) is 0 Å². The van der Waals surface area contributed by atoms with E-state index in [9.17, 15) is 0 Å². The molecule has 1 aromatic carbocycles. The summed E-state index contributed by atoms with van der Waals surface area (Å²) in [4.78, 5) is 9.00. The zero-order chi connectivity index (χ0) is 10.8. The quantitative estimate of drug-likeness (QED) is 0.774. The van der Waals surface area contributed by atoms with E-state index in [1.165, 1.54) is 5.56 Å². The summed E-state index contributed by atoms with van der Waals surface area (Å²) < 4.78 is 0.911. The molecule has 15 heavy (non-hydrogen) atoms. The van der Waals surface area contributed by atoms with E-state index in [0.29, 0.717) is 0 Å². The Labute approximate surface area is 97.9 Å². The van der Waals surface area contributed by atoms with Crippen molar-refractivity contribution in [2.75, 3.05) is 0 Å². The van der Waals surface area contributed by atoms with Crippen molar-refractivity contribution in [1.29, 1.82) is 0 Å². The maximum Gasteiger partial charge on any atom is 0.130 e. The summed E-state index contributed by atoms with van der Waals surface area (Å²) in [6.45, 7) is 4.22. The SMILES string of the molecule is CCCc1nc(Br)c2c(C)cccc2n1. The number of hydrogen-bond acceptors (Lipinski definition) is 2. The molecule has 0 aliphatic carbocycles. The number of aromatic nitrogens is 2. The molecule has 2 aromatic rings. The molecule has 0 N–H and O–H groups in total. The minimum atomic E-state index is 0.911. The number of fused-ring (bicyclic) bond motifs is 1. The van der Waals surface area contributed by atoms with Crippen molar-refractivity contribution in [1.82, 2.24) is 9.97 Å². The Bertz CT molecular complexity index is 494. The van der Waals surface area contributed by atoms with Gasteiger partial charge in [-0.25, -0.2) is 9.97 Å². The molecule has 3 heteroatoms. The zero-order valence-electron chi connectivity index (χ0n) is 8.92. The molecule has 0 amide bonds. The molecule has 0 saturated heterocycles. The molecule has 0 aliphatic heterocycles. The van der Waals surface area contributed by atoms with Crippen LogP contribution in [0.15, 0.2) is 22.8 Å². The molecule has 2 rings (SSSR count). The van der Waals surface area contributed by atoms with Crippen LogP contribution in [0.1, 0.15) is 24.7 Å². The van der Waals surface area contributed by atoms with Crippen LogP contribution in [0.25, 0.3) is 10.9 Å². The fourth-order valence-electron chi connectivity index (χ4n) is 1.68. The van der Waals surface area contributed by atoms with Gasteiger partial charge in [-0.1, -0.05) is 19.1 Å². The van der Waals surface area contributed by atoms with E-state index in [1.54, 1.807) is 0 Å². The monoisotopic (exact) mass is 264 g/mol. The van der Waals surface area contributed by atoms with E-state index in [-0.39, 0.29) is 0 Å². The van der Waals surface area contributed by atoms with Crippen LogP contribution in [0.4, 0.5) is 0 Å². The molecule has 0 aliphatic rings. The Morgan fingerprint density at radius 2 is 2.07 bits per heavy atom. The Morgan fingerprint density at radius 3 is 2.80 bits per heavy atom. The van der Waals surface area contributed by atoms with E-state index < -0.39 is 0 Å². The summed E-state index contributed by atoms with van der Waals surface area (Å²) >= 11 is 3.52. The summed E-state index contributed by atoms with van der Waals surface area (Å²) in [6, 6.07) is 6.15. The number of rotatable bonds is 2. The predicted molar refractivity (Wildman–Crippen MR) is 66.0 cm³/mol. The van der Waals surface area contributed by atoms with Gasteiger partial charge in [-0.15, -0.1) is 0 Å². The van der Waals surface area contributed by atoms with E-state index in [1.807, 2.05) is 12.1 Å². The maximum atomic E-state index is 4.55. The number of nitrogens with zero attached hydrogens (tertiary/aromatic N) is 2. The number of halogens is 1. The van der Waals surface area contributed by atoms with Crippen molar-refractivity contribution < 1.29 is 0 Å². The van der Waals surface area contributed by atoms with E-state index in [0.717, 1.165) is 34.2 Å². The first-order valence-corrected chi connectivity index (χ1v) is 5.93. The third-order valence-electron chi connectivity index (χ3n) is 2.41. The third-order valence-corrected chi connectivity index (χ3v) is 2.98. The highest BCUT2D eigenvalue weighted by molar-refractivity contribution is 9.10. The summed E-state index contributed by atoms with van der Waals surface area (Å²) in [5, 5.41) is 1.12. The Balaban J connectivity index is 2.67.